The SMILES string of the molecule is Cc1c(-c2ccccc2)c(N2CCC[C@H]2N(C)C)c2oc(N3CCOCC3)nc2c1C#N. The molecule has 0 N–H and O–H groups in total. The molecule has 0 saturated carbocycles. The van der Waals surface area contributed by atoms with Crippen molar-refractivity contribution in [1.82, 2.24) is 9.88 Å². The fourth-order valence-corrected chi connectivity index (χ4v) is 5.04. The minimum Gasteiger partial charge on any atom is -0.421 e. The Labute approximate surface area is 188 Å². The number of hydrogen-bond donors (Lipinski definition) is 0. The Kier molecular flexibility index (Phi) is 5.50. The maximum atomic E-state index is 10.1. The first kappa shape index (κ1) is 20.8. The number of hydrogen-bond acceptors (Lipinski definition) is 7. The summed E-state index contributed by atoms with van der Waals surface area (Å²) in [5, 5.41) is 10.1. The summed E-state index contributed by atoms with van der Waals surface area (Å²) in [5.74, 6) is 0. The number of nitrogens with zero attached hydrogens (tertiary/aromatic N) is 5. The predicted molar refractivity (Wildman–Crippen MR) is 126 cm³/mol. The van der Waals surface area contributed by atoms with Crippen LogP contribution in [0.3, 0.4) is 0 Å². The van der Waals surface area contributed by atoms with Crippen molar-refractivity contribution in [2.75, 3.05) is 56.7 Å². The third-order valence-corrected chi connectivity index (χ3v) is 6.61. The highest BCUT2D eigenvalue weighted by Gasteiger charge is 2.34. The van der Waals surface area contributed by atoms with Crippen LogP contribution in [-0.2, 0) is 4.74 Å². The molecule has 0 bridgehead atoms. The van der Waals surface area contributed by atoms with Crippen LogP contribution in [0, 0.1) is 18.3 Å². The second-order valence-electron chi connectivity index (χ2n) is 8.75. The number of benzene rings is 2. The Hall–Kier alpha value is -3.08. The summed E-state index contributed by atoms with van der Waals surface area (Å²) < 4.78 is 12.0. The van der Waals surface area contributed by atoms with Crippen molar-refractivity contribution in [2.45, 2.75) is 25.9 Å². The Morgan fingerprint density at radius 3 is 2.56 bits per heavy atom. The average molecular weight is 432 g/mol. The zero-order chi connectivity index (χ0) is 22.2. The van der Waals surface area contributed by atoms with E-state index in [2.05, 4.69) is 47.0 Å². The van der Waals surface area contributed by atoms with Gasteiger partial charge in [0.25, 0.3) is 6.01 Å². The van der Waals surface area contributed by atoms with Gasteiger partial charge < -0.3 is 19.0 Å². The van der Waals surface area contributed by atoms with Crippen LogP contribution in [0.15, 0.2) is 34.7 Å². The Morgan fingerprint density at radius 1 is 1.12 bits per heavy atom. The van der Waals surface area contributed by atoms with E-state index in [1.165, 1.54) is 0 Å². The molecule has 5 rings (SSSR count). The van der Waals surface area contributed by atoms with Crippen molar-refractivity contribution >= 4 is 22.8 Å². The molecule has 3 heterocycles. The predicted octanol–water partition coefficient (Wildman–Crippen LogP) is 4.00. The van der Waals surface area contributed by atoms with Gasteiger partial charge in [0.05, 0.1) is 30.6 Å². The molecule has 2 saturated heterocycles. The molecule has 0 spiro atoms. The van der Waals surface area contributed by atoms with Crippen molar-refractivity contribution in [3.05, 3.63) is 41.5 Å². The van der Waals surface area contributed by atoms with Crippen LogP contribution in [0.2, 0.25) is 0 Å². The van der Waals surface area contributed by atoms with Gasteiger partial charge in [-0.25, -0.2) is 0 Å². The molecule has 0 amide bonds. The minimum absolute atomic E-state index is 0.268. The lowest BCUT2D eigenvalue weighted by Crippen LogP contribution is -2.40. The molecule has 32 heavy (non-hydrogen) atoms. The molecular weight excluding hydrogens is 402 g/mol. The zero-order valence-corrected chi connectivity index (χ0v) is 19.0. The molecule has 7 nitrogen and oxygen atoms in total. The van der Waals surface area contributed by atoms with Gasteiger partial charge in [0.2, 0.25) is 0 Å². The van der Waals surface area contributed by atoms with E-state index in [-0.39, 0.29) is 6.17 Å². The van der Waals surface area contributed by atoms with Gasteiger partial charge in [-0.2, -0.15) is 10.2 Å². The van der Waals surface area contributed by atoms with Crippen molar-refractivity contribution in [2.24, 2.45) is 0 Å². The van der Waals surface area contributed by atoms with Crippen molar-refractivity contribution in [3.63, 3.8) is 0 Å². The van der Waals surface area contributed by atoms with Crippen LogP contribution in [0.4, 0.5) is 11.7 Å². The lowest BCUT2D eigenvalue weighted by molar-refractivity contribution is 0.120. The summed E-state index contributed by atoms with van der Waals surface area (Å²) in [5.41, 5.74) is 6.11. The molecule has 2 aromatic carbocycles. The molecular formula is C25H29N5O2. The first-order valence-electron chi connectivity index (χ1n) is 11.3. The molecule has 166 valence electrons. The van der Waals surface area contributed by atoms with Gasteiger partial charge >= 0.3 is 0 Å². The van der Waals surface area contributed by atoms with Gasteiger partial charge in [-0.1, -0.05) is 30.3 Å². The molecule has 2 aliphatic rings. The second-order valence-corrected chi connectivity index (χ2v) is 8.75. The number of morpholine rings is 1. The van der Waals surface area contributed by atoms with Crippen LogP contribution in [-0.4, -0.2) is 63.0 Å². The first-order valence-corrected chi connectivity index (χ1v) is 11.3. The van der Waals surface area contributed by atoms with E-state index in [4.69, 9.17) is 14.1 Å². The smallest absolute Gasteiger partial charge is 0.298 e. The Balaban J connectivity index is 1.81. The fourth-order valence-electron chi connectivity index (χ4n) is 5.04. The first-order chi connectivity index (χ1) is 15.6. The van der Waals surface area contributed by atoms with E-state index < -0.39 is 0 Å². The number of nitriles is 1. The lowest BCUT2D eigenvalue weighted by atomic mass is 9.93. The maximum absolute atomic E-state index is 10.1. The number of fused-ring (bicyclic) bond motifs is 1. The van der Waals surface area contributed by atoms with Crippen LogP contribution >= 0.6 is 0 Å². The van der Waals surface area contributed by atoms with Crippen LogP contribution in [0.5, 0.6) is 0 Å². The monoisotopic (exact) mass is 431 g/mol. The number of aromatic nitrogens is 1. The van der Waals surface area contributed by atoms with Crippen molar-refractivity contribution in [1.29, 1.82) is 5.26 Å². The largest absolute Gasteiger partial charge is 0.421 e. The third kappa shape index (κ3) is 3.40. The molecule has 2 fully saturated rings. The van der Waals surface area contributed by atoms with Crippen molar-refractivity contribution in [3.8, 4) is 17.2 Å². The van der Waals surface area contributed by atoms with E-state index in [1.54, 1.807) is 0 Å². The summed E-state index contributed by atoms with van der Waals surface area (Å²) in [6, 6.07) is 13.3. The maximum Gasteiger partial charge on any atom is 0.298 e. The van der Waals surface area contributed by atoms with Gasteiger partial charge in [-0.15, -0.1) is 0 Å². The topological polar surface area (TPSA) is 68.8 Å². The number of rotatable bonds is 4. The minimum atomic E-state index is 0.268. The Bertz CT molecular complexity index is 1160. The number of anilines is 2. The summed E-state index contributed by atoms with van der Waals surface area (Å²) in [4.78, 5) is 11.7. The van der Waals surface area contributed by atoms with E-state index in [9.17, 15) is 5.26 Å². The number of ether oxygens (including phenoxy) is 1. The van der Waals surface area contributed by atoms with Gasteiger partial charge in [0.1, 0.15) is 11.6 Å². The van der Waals surface area contributed by atoms with Gasteiger partial charge in [-0.05, 0) is 45.0 Å². The summed E-state index contributed by atoms with van der Waals surface area (Å²) >= 11 is 0. The fraction of sp³-hybridized carbons (Fsp3) is 0.440. The molecule has 3 aromatic rings. The van der Waals surface area contributed by atoms with E-state index in [1.807, 2.05) is 25.1 Å². The van der Waals surface area contributed by atoms with Gasteiger partial charge in [-0.3, -0.25) is 4.90 Å². The molecule has 7 heteroatoms. The molecule has 2 aliphatic heterocycles. The molecule has 1 aromatic heterocycles. The third-order valence-electron chi connectivity index (χ3n) is 6.61. The molecule has 0 unspecified atom stereocenters. The molecule has 0 aliphatic carbocycles. The van der Waals surface area contributed by atoms with Crippen LogP contribution in [0.25, 0.3) is 22.2 Å². The molecule has 0 radical (unpaired) electrons. The molecule has 1 atom stereocenters. The standard InChI is InChI=1S/C25H29N5O2/c1-17-19(16-26)22-24(32-25(27-22)29-12-14-31-15-13-29)23(21(17)18-8-5-4-6-9-18)30-11-7-10-20(30)28(2)3/h4-6,8-9,20H,7,10-15H2,1-3H3/t20-/m0/s1. The summed E-state index contributed by atoms with van der Waals surface area (Å²) in [7, 11) is 4.25. The van der Waals surface area contributed by atoms with Gasteiger partial charge in [0, 0.05) is 25.2 Å². The van der Waals surface area contributed by atoms with E-state index >= 15 is 0 Å². The Morgan fingerprint density at radius 2 is 1.88 bits per heavy atom. The van der Waals surface area contributed by atoms with E-state index in [0.29, 0.717) is 35.9 Å². The highest BCUT2D eigenvalue weighted by atomic mass is 16.5. The van der Waals surface area contributed by atoms with Crippen LogP contribution in [0.1, 0.15) is 24.0 Å². The zero-order valence-electron chi connectivity index (χ0n) is 19.0. The lowest BCUT2D eigenvalue weighted by Gasteiger charge is -2.33. The van der Waals surface area contributed by atoms with E-state index in [0.717, 1.165) is 54.9 Å². The quantitative estimate of drug-likeness (QED) is 0.618. The number of oxazole rings is 1. The normalized spacial score (nSPS) is 19.2. The van der Waals surface area contributed by atoms with Gasteiger partial charge in [0.15, 0.2) is 5.58 Å². The highest BCUT2D eigenvalue weighted by Crippen LogP contribution is 2.46. The summed E-state index contributed by atoms with van der Waals surface area (Å²) in [6.07, 6.45) is 2.47. The van der Waals surface area contributed by atoms with Crippen molar-refractivity contribution < 1.29 is 9.15 Å². The van der Waals surface area contributed by atoms with Crippen LogP contribution < -0.4 is 9.80 Å². The average Bonchev–Trinajstić information content (AvgIpc) is 3.47. The highest BCUT2D eigenvalue weighted by molar-refractivity contribution is 6.03. The summed E-state index contributed by atoms with van der Waals surface area (Å²) in [6.45, 7) is 5.75. The second kappa shape index (κ2) is 8.45.